The van der Waals surface area contributed by atoms with Crippen molar-refractivity contribution in [3.8, 4) is 10.6 Å². The van der Waals surface area contributed by atoms with Crippen LogP contribution >= 0.6 is 22.9 Å². The fourth-order valence-electron chi connectivity index (χ4n) is 2.78. The average molecular weight is 480 g/mol. The smallest absolute Gasteiger partial charge is 0.319 e. The lowest BCUT2D eigenvalue weighted by Gasteiger charge is -2.23. The molecule has 32 heavy (non-hydrogen) atoms. The van der Waals surface area contributed by atoms with Crippen LogP contribution in [0.5, 0.6) is 0 Å². The lowest BCUT2D eigenvalue weighted by atomic mass is 9.98. The summed E-state index contributed by atoms with van der Waals surface area (Å²) in [5.41, 5.74) is 0.818. The van der Waals surface area contributed by atoms with Gasteiger partial charge < -0.3 is 10.6 Å². The van der Waals surface area contributed by atoms with Gasteiger partial charge >= 0.3 is 6.03 Å². The maximum atomic E-state index is 13.4. The van der Waals surface area contributed by atoms with E-state index in [1.165, 1.54) is 17.4 Å². The van der Waals surface area contributed by atoms with Gasteiger partial charge in [-0.3, -0.25) is 10.1 Å². The molecule has 0 bridgehead atoms. The van der Waals surface area contributed by atoms with Gasteiger partial charge in [0.05, 0.1) is 0 Å². The number of carbonyl (C=O) groups is 2. The van der Waals surface area contributed by atoms with Crippen LogP contribution in [0.3, 0.4) is 0 Å². The number of rotatable bonds is 7. The van der Waals surface area contributed by atoms with E-state index >= 15 is 0 Å². The van der Waals surface area contributed by atoms with Crippen molar-refractivity contribution in [1.29, 1.82) is 0 Å². The second kappa shape index (κ2) is 10.5. The van der Waals surface area contributed by atoms with E-state index in [0.717, 1.165) is 17.7 Å². The highest BCUT2D eigenvalue weighted by atomic mass is 35.5. The molecule has 0 saturated heterocycles. The SMILES string of the molecule is CC[C@@H](C)[C@H](NC(=O)Nc1ccc(F)c(F)c1)C(=O)Nc1nnc(-c2cccc(Cl)c2)s1. The van der Waals surface area contributed by atoms with Crippen molar-refractivity contribution in [2.45, 2.75) is 26.3 Å². The van der Waals surface area contributed by atoms with E-state index < -0.39 is 29.6 Å². The summed E-state index contributed by atoms with van der Waals surface area (Å²) >= 11 is 7.17. The number of nitrogens with zero attached hydrogens (tertiary/aromatic N) is 2. The number of amides is 3. The van der Waals surface area contributed by atoms with Crippen molar-refractivity contribution in [3.63, 3.8) is 0 Å². The summed E-state index contributed by atoms with van der Waals surface area (Å²) in [6, 6.07) is 8.42. The van der Waals surface area contributed by atoms with Gasteiger partial charge in [0.2, 0.25) is 11.0 Å². The number of aromatic nitrogens is 2. The molecule has 3 aromatic rings. The van der Waals surface area contributed by atoms with Gasteiger partial charge in [-0.05, 0) is 30.2 Å². The van der Waals surface area contributed by atoms with Gasteiger partial charge in [0, 0.05) is 22.3 Å². The third-order valence-corrected chi connectivity index (χ3v) is 5.81. The molecule has 0 unspecified atom stereocenters. The van der Waals surface area contributed by atoms with Crippen LogP contribution in [0.1, 0.15) is 20.3 Å². The first kappa shape index (κ1) is 23.6. The Morgan fingerprint density at radius 2 is 1.88 bits per heavy atom. The van der Waals surface area contributed by atoms with E-state index in [1.807, 2.05) is 13.0 Å². The molecule has 11 heteroatoms. The van der Waals surface area contributed by atoms with Gasteiger partial charge in [-0.1, -0.05) is 55.3 Å². The largest absolute Gasteiger partial charge is 0.326 e. The van der Waals surface area contributed by atoms with Gasteiger partial charge in [-0.2, -0.15) is 0 Å². The first-order valence-corrected chi connectivity index (χ1v) is 10.9. The molecule has 0 aliphatic heterocycles. The molecule has 3 N–H and O–H groups in total. The van der Waals surface area contributed by atoms with Crippen LogP contribution < -0.4 is 16.0 Å². The Morgan fingerprint density at radius 1 is 1.09 bits per heavy atom. The van der Waals surface area contributed by atoms with Crippen LogP contribution in [0.25, 0.3) is 10.6 Å². The molecule has 2 aromatic carbocycles. The second-order valence-electron chi connectivity index (χ2n) is 7.00. The zero-order valence-corrected chi connectivity index (χ0v) is 18.7. The Morgan fingerprint density at radius 3 is 2.56 bits per heavy atom. The highest BCUT2D eigenvalue weighted by molar-refractivity contribution is 7.18. The Kier molecular flexibility index (Phi) is 7.70. The molecule has 7 nitrogen and oxygen atoms in total. The monoisotopic (exact) mass is 479 g/mol. The molecule has 2 atom stereocenters. The summed E-state index contributed by atoms with van der Waals surface area (Å²) < 4.78 is 26.4. The molecule has 1 aromatic heterocycles. The maximum absolute atomic E-state index is 13.4. The van der Waals surface area contributed by atoms with Crippen LogP contribution in [-0.4, -0.2) is 28.2 Å². The molecule has 0 aliphatic carbocycles. The number of halogens is 3. The summed E-state index contributed by atoms with van der Waals surface area (Å²) in [6.45, 7) is 3.68. The normalized spacial score (nSPS) is 12.7. The van der Waals surface area contributed by atoms with E-state index in [2.05, 4.69) is 26.1 Å². The molecule has 0 radical (unpaired) electrons. The van der Waals surface area contributed by atoms with Crippen LogP contribution in [0.4, 0.5) is 24.4 Å². The molecule has 3 amide bonds. The van der Waals surface area contributed by atoms with E-state index in [4.69, 9.17) is 11.6 Å². The number of nitrogens with one attached hydrogen (secondary N) is 3. The van der Waals surface area contributed by atoms with Crippen molar-refractivity contribution in [3.05, 3.63) is 59.1 Å². The van der Waals surface area contributed by atoms with E-state index in [9.17, 15) is 18.4 Å². The Hall–Kier alpha value is -3.11. The maximum Gasteiger partial charge on any atom is 0.319 e. The molecule has 0 aliphatic rings. The number of urea groups is 1. The van der Waals surface area contributed by atoms with Crippen LogP contribution in [-0.2, 0) is 4.79 Å². The lowest BCUT2D eigenvalue weighted by Crippen LogP contribution is -2.49. The predicted molar refractivity (Wildman–Crippen MR) is 121 cm³/mol. The average Bonchev–Trinajstić information content (AvgIpc) is 3.22. The molecular weight excluding hydrogens is 460 g/mol. The Balaban J connectivity index is 1.68. The number of hydrogen-bond acceptors (Lipinski definition) is 5. The third-order valence-electron chi connectivity index (χ3n) is 4.69. The van der Waals surface area contributed by atoms with Crippen molar-refractivity contribution < 1.29 is 18.4 Å². The first-order chi connectivity index (χ1) is 15.3. The van der Waals surface area contributed by atoms with Crippen LogP contribution in [0.15, 0.2) is 42.5 Å². The number of hydrogen-bond donors (Lipinski definition) is 3. The highest BCUT2D eigenvalue weighted by Gasteiger charge is 2.27. The summed E-state index contributed by atoms with van der Waals surface area (Å²) in [5.74, 6) is -2.81. The number of anilines is 2. The van der Waals surface area contributed by atoms with E-state index in [0.29, 0.717) is 16.5 Å². The van der Waals surface area contributed by atoms with Crippen molar-refractivity contribution in [2.24, 2.45) is 5.92 Å². The molecule has 0 saturated carbocycles. The minimum absolute atomic E-state index is 0.0556. The summed E-state index contributed by atoms with van der Waals surface area (Å²) in [5, 5.41) is 17.1. The molecule has 168 valence electrons. The fourth-order valence-corrected chi connectivity index (χ4v) is 3.71. The fraction of sp³-hybridized carbons (Fsp3) is 0.238. The quantitative estimate of drug-likeness (QED) is 0.427. The standard InChI is InChI=1S/C21H20ClF2N5O2S/c1-3-11(2)17(26-20(31)25-14-7-8-15(23)16(24)10-14)18(30)27-21-29-28-19(32-21)12-5-4-6-13(22)9-12/h4-11,17H,3H2,1-2H3,(H2,25,26,31)(H,27,29,30)/t11-,17+/m1/s1. The third kappa shape index (κ3) is 5.98. The zero-order chi connectivity index (χ0) is 23.3. The zero-order valence-electron chi connectivity index (χ0n) is 17.2. The Labute approximate surface area is 192 Å². The van der Waals surface area contributed by atoms with Crippen molar-refractivity contribution >= 4 is 45.7 Å². The summed E-state index contributed by atoms with van der Waals surface area (Å²) in [4.78, 5) is 25.2. The van der Waals surface area contributed by atoms with Crippen LogP contribution in [0, 0.1) is 17.6 Å². The number of benzene rings is 2. The first-order valence-electron chi connectivity index (χ1n) is 9.69. The van der Waals surface area contributed by atoms with Crippen molar-refractivity contribution in [2.75, 3.05) is 10.6 Å². The molecule has 3 rings (SSSR count). The summed E-state index contributed by atoms with van der Waals surface area (Å²) in [7, 11) is 0. The summed E-state index contributed by atoms with van der Waals surface area (Å²) in [6.07, 6.45) is 0.605. The van der Waals surface area contributed by atoms with Gasteiger partial charge in [0.1, 0.15) is 11.0 Å². The van der Waals surface area contributed by atoms with E-state index in [-0.39, 0.29) is 16.7 Å². The number of carbonyl (C=O) groups excluding carboxylic acids is 2. The molecule has 0 spiro atoms. The minimum atomic E-state index is -1.09. The van der Waals surface area contributed by atoms with Gasteiger partial charge in [-0.15, -0.1) is 10.2 Å². The molecule has 0 fully saturated rings. The molecular formula is C21H20ClF2N5O2S. The second-order valence-corrected chi connectivity index (χ2v) is 8.42. The van der Waals surface area contributed by atoms with E-state index in [1.54, 1.807) is 25.1 Å². The minimum Gasteiger partial charge on any atom is -0.326 e. The topological polar surface area (TPSA) is 96.0 Å². The Bertz CT molecular complexity index is 1130. The van der Waals surface area contributed by atoms with Crippen LogP contribution in [0.2, 0.25) is 5.02 Å². The van der Waals surface area contributed by atoms with Gasteiger partial charge in [0.15, 0.2) is 11.6 Å². The lowest BCUT2D eigenvalue weighted by molar-refractivity contribution is -0.119. The predicted octanol–water partition coefficient (Wildman–Crippen LogP) is 5.31. The van der Waals surface area contributed by atoms with Crippen molar-refractivity contribution in [1.82, 2.24) is 15.5 Å². The highest BCUT2D eigenvalue weighted by Crippen LogP contribution is 2.28. The van der Waals surface area contributed by atoms with Gasteiger partial charge in [0.25, 0.3) is 0 Å². The van der Waals surface area contributed by atoms with Gasteiger partial charge in [-0.25, -0.2) is 13.6 Å². The molecule has 1 heterocycles.